The van der Waals surface area contributed by atoms with Crippen molar-refractivity contribution in [2.75, 3.05) is 25.9 Å². The van der Waals surface area contributed by atoms with Gasteiger partial charge in [0.2, 0.25) is 0 Å². The van der Waals surface area contributed by atoms with Gasteiger partial charge in [-0.05, 0) is 82.5 Å². The second-order valence-electron chi connectivity index (χ2n) is 17.2. The molecule has 1 aromatic heterocycles. The number of carboxylic acid groups (broad SMARTS) is 1. The number of esters is 1. The van der Waals surface area contributed by atoms with Gasteiger partial charge in [0.1, 0.15) is 21.4 Å². The van der Waals surface area contributed by atoms with Crippen LogP contribution in [0.1, 0.15) is 147 Å². The van der Waals surface area contributed by atoms with Gasteiger partial charge < -0.3 is 25.8 Å². The number of benzene rings is 1. The number of unbranched alkanes of at least 4 members (excludes halogenated alkanes) is 3. The van der Waals surface area contributed by atoms with E-state index in [1.54, 1.807) is 25.3 Å². The van der Waals surface area contributed by atoms with E-state index in [9.17, 15) is 33.6 Å². The molecule has 14 nitrogen and oxygen atoms in total. The number of amides is 2. The fourth-order valence-electron chi connectivity index (χ4n) is 7.60. The number of carbonyl (C=O) groups excluding carboxylic acids is 3. The van der Waals surface area contributed by atoms with Crippen molar-refractivity contribution < 1.29 is 38.3 Å². The molecule has 1 aliphatic rings. The number of likely N-dealkylation sites (tertiary alicyclic amines) is 1. The van der Waals surface area contributed by atoms with Crippen LogP contribution in [-0.2, 0) is 25.5 Å². The molecular formula is C43H69FN7O7S+. The molecule has 59 heavy (non-hydrogen) atoms. The summed E-state index contributed by atoms with van der Waals surface area (Å²) in [5, 5.41) is 14.7. The Balaban J connectivity index is 1.95. The lowest BCUT2D eigenvalue weighted by Gasteiger charge is -2.39. The number of carboxylic acids is 1. The smallest absolute Gasteiger partial charge is 0.309 e. The number of nitrogen functional groups attached to an aromatic ring is 1. The second-order valence-corrected chi connectivity index (χ2v) is 18.1. The zero-order valence-corrected chi connectivity index (χ0v) is 37.4. The Morgan fingerprint density at radius 3 is 2.46 bits per heavy atom. The predicted octanol–water partition coefficient (Wildman–Crippen LogP) is 7.27. The maximum Gasteiger partial charge on any atom is 0.309 e. The first-order chi connectivity index (χ1) is 27.8. The quantitative estimate of drug-likeness (QED) is 0.0274. The molecule has 330 valence electrons. The number of piperidine rings is 1. The highest BCUT2D eigenvalue weighted by Crippen LogP contribution is 2.32. The number of thiazole rings is 1. The number of nitrogens with two attached hydrogens (primary N) is 1. The van der Waals surface area contributed by atoms with Crippen LogP contribution in [0.15, 0.2) is 23.6 Å². The third-order valence-corrected chi connectivity index (χ3v) is 12.4. The summed E-state index contributed by atoms with van der Waals surface area (Å²) in [7, 11) is 1.93. The van der Waals surface area contributed by atoms with Crippen LogP contribution in [0.5, 0.6) is 0 Å². The SMILES string of the molecule is CCCCCCN(C(=O)[C@@H](N[N+](=O)[C@H]1CCCCN1C)[C@@H](C)CC)[C@H](C[C@@H](OC(C)=O)c1nc(C(=O)N[C@@H](Cc2ccc(N)c(F)c2)CC(C)(C)C(=O)O)cs1)C(C)C. The number of hydrogen-bond acceptors (Lipinski definition) is 10. The lowest BCUT2D eigenvalue weighted by atomic mass is 9.84. The maximum absolute atomic E-state index is 14.8. The van der Waals surface area contributed by atoms with Gasteiger partial charge in [-0.1, -0.05) is 66.4 Å². The summed E-state index contributed by atoms with van der Waals surface area (Å²) in [6.45, 7) is 15.8. The number of halogens is 1. The Morgan fingerprint density at radius 2 is 1.86 bits per heavy atom. The van der Waals surface area contributed by atoms with Gasteiger partial charge in [0.25, 0.3) is 18.0 Å². The van der Waals surface area contributed by atoms with E-state index in [1.807, 2.05) is 44.5 Å². The van der Waals surface area contributed by atoms with Crippen LogP contribution in [0.2, 0.25) is 0 Å². The van der Waals surface area contributed by atoms with E-state index < -0.39 is 53.3 Å². The average Bonchev–Trinajstić information content (AvgIpc) is 3.67. The van der Waals surface area contributed by atoms with Crippen LogP contribution in [0, 0.1) is 28.0 Å². The summed E-state index contributed by atoms with van der Waals surface area (Å²) in [6, 6.07) is 2.40. The van der Waals surface area contributed by atoms with E-state index in [0.717, 1.165) is 61.3 Å². The van der Waals surface area contributed by atoms with Crippen molar-refractivity contribution in [1.29, 1.82) is 0 Å². The van der Waals surface area contributed by atoms with E-state index in [-0.39, 0.29) is 54.6 Å². The zero-order valence-electron chi connectivity index (χ0n) is 36.6. The number of aromatic nitrogens is 1. The van der Waals surface area contributed by atoms with Crippen molar-refractivity contribution >= 4 is 40.8 Å². The maximum atomic E-state index is 14.8. The fourth-order valence-corrected chi connectivity index (χ4v) is 8.44. The molecule has 2 aromatic rings. The molecule has 0 bridgehead atoms. The largest absolute Gasteiger partial charge is 0.481 e. The highest BCUT2D eigenvalue weighted by atomic mass is 32.1. The molecule has 1 aromatic carbocycles. The van der Waals surface area contributed by atoms with Crippen molar-refractivity contribution in [1.82, 2.24) is 25.5 Å². The first-order valence-electron chi connectivity index (χ1n) is 21.2. The number of nitrogens with zero attached hydrogens (tertiary/aromatic N) is 4. The monoisotopic (exact) mass is 846 g/mol. The van der Waals surface area contributed by atoms with Crippen molar-refractivity contribution in [3.8, 4) is 0 Å². The topological polar surface area (TPSA) is 187 Å². The summed E-state index contributed by atoms with van der Waals surface area (Å²) < 4.78 is 20.2. The summed E-state index contributed by atoms with van der Waals surface area (Å²) in [4.78, 5) is 76.3. The van der Waals surface area contributed by atoms with Gasteiger partial charge in [0, 0.05) is 50.3 Å². The molecule has 1 aliphatic heterocycles. The summed E-state index contributed by atoms with van der Waals surface area (Å²) in [5.74, 6) is -3.23. The number of hydrazine groups is 1. The lowest BCUT2D eigenvalue weighted by molar-refractivity contribution is -0.666. The summed E-state index contributed by atoms with van der Waals surface area (Å²) in [6.07, 6.45) is 6.11. The number of hydrogen-bond donors (Lipinski definition) is 4. The number of nitrogens with one attached hydrogen (secondary N) is 2. The van der Waals surface area contributed by atoms with E-state index in [0.29, 0.717) is 30.0 Å². The minimum absolute atomic E-state index is 0.0231. The molecule has 2 heterocycles. The number of rotatable bonds is 24. The average molecular weight is 847 g/mol. The molecule has 1 fully saturated rings. The van der Waals surface area contributed by atoms with Crippen LogP contribution in [0.4, 0.5) is 10.1 Å². The lowest BCUT2D eigenvalue weighted by Crippen LogP contribution is -2.59. The Morgan fingerprint density at radius 1 is 1.15 bits per heavy atom. The third kappa shape index (κ3) is 14.5. The first kappa shape index (κ1) is 49.2. The van der Waals surface area contributed by atoms with E-state index in [2.05, 4.69) is 22.7 Å². The Kier molecular flexibility index (Phi) is 19.2. The number of ether oxygens (including phenoxy) is 1. The molecular weight excluding hydrogens is 778 g/mol. The molecule has 0 unspecified atom stereocenters. The Labute approximate surface area is 353 Å². The van der Waals surface area contributed by atoms with Gasteiger partial charge in [0.05, 0.1) is 16.0 Å². The standard InChI is InChI=1S/C43H68FN7O7S/c1-10-12-13-15-21-50(41(54)38(28(5)11-2)48-51(57)37-17-14-16-20-49(37)9)35(27(3)4)24-36(58-29(6)52)40-47-34(26-59-40)39(53)46-31(25-43(7,8)42(55)56)22-30-18-19-33(45)32(44)23-30/h18-19,23,26-28,31,35-38H,10-17,20-22,24-25,45H2,1-9H3,(H2-,46,48,53,55,56,57)/p+1/t28-,31-,35+,36+,37-,38-/m0/s1. The highest BCUT2D eigenvalue weighted by Gasteiger charge is 2.42. The highest BCUT2D eigenvalue weighted by molar-refractivity contribution is 7.09. The van der Waals surface area contributed by atoms with Gasteiger partial charge in [0.15, 0.2) is 12.1 Å². The minimum atomic E-state index is -1.22. The normalized spacial score (nSPS) is 17.4. The predicted molar refractivity (Wildman–Crippen MR) is 228 cm³/mol. The summed E-state index contributed by atoms with van der Waals surface area (Å²) in [5.41, 5.74) is 8.08. The van der Waals surface area contributed by atoms with E-state index in [4.69, 9.17) is 10.5 Å². The second kappa shape index (κ2) is 23.0. The molecule has 3 rings (SSSR count). The van der Waals surface area contributed by atoms with Gasteiger partial charge in [-0.2, -0.15) is 0 Å². The summed E-state index contributed by atoms with van der Waals surface area (Å²) >= 11 is 1.14. The third-order valence-electron chi connectivity index (χ3n) is 11.5. The first-order valence-corrected chi connectivity index (χ1v) is 22.1. The van der Waals surface area contributed by atoms with Crippen molar-refractivity contribution in [3.05, 3.63) is 50.6 Å². The van der Waals surface area contributed by atoms with Gasteiger partial charge in [-0.15, -0.1) is 16.8 Å². The van der Waals surface area contributed by atoms with Crippen molar-refractivity contribution in [2.24, 2.45) is 17.3 Å². The molecule has 0 aliphatic carbocycles. The van der Waals surface area contributed by atoms with E-state index in [1.165, 1.54) is 19.1 Å². The van der Waals surface area contributed by atoms with Crippen molar-refractivity contribution in [3.63, 3.8) is 0 Å². The molecule has 16 heteroatoms. The van der Waals surface area contributed by atoms with Crippen molar-refractivity contribution in [2.45, 2.75) is 156 Å². The Hall–Kier alpha value is -4.18. The van der Waals surface area contributed by atoms with Gasteiger partial charge >= 0.3 is 11.9 Å². The number of aliphatic carboxylic acids is 1. The van der Waals surface area contributed by atoms with Crippen LogP contribution < -0.4 is 16.5 Å². The van der Waals surface area contributed by atoms with Crippen LogP contribution in [-0.4, -0.2) is 92.9 Å². The molecule has 6 atom stereocenters. The number of anilines is 1. The van der Waals surface area contributed by atoms with E-state index >= 15 is 0 Å². The molecule has 0 spiro atoms. The number of carbonyl (C=O) groups is 4. The molecule has 2 amide bonds. The Bertz CT molecular complexity index is 1720. The molecule has 1 saturated heterocycles. The minimum Gasteiger partial charge on any atom is -0.481 e. The zero-order chi connectivity index (χ0) is 44.0. The van der Waals surface area contributed by atoms with Gasteiger partial charge in [-0.25, -0.2) is 14.3 Å². The molecule has 0 saturated carbocycles. The molecule has 0 radical (unpaired) electrons. The number of nitroso groups, excluding NO2 is 1. The molecule has 5 N–H and O–H groups in total. The van der Waals surface area contributed by atoms with Gasteiger partial charge in [-0.3, -0.25) is 19.2 Å². The van der Waals surface area contributed by atoms with Crippen LogP contribution in [0.3, 0.4) is 0 Å². The van der Waals surface area contributed by atoms with Crippen LogP contribution in [0.25, 0.3) is 0 Å². The fraction of sp³-hybridized carbons (Fsp3) is 0.698. The van der Waals surface area contributed by atoms with Crippen LogP contribution >= 0.6 is 11.3 Å².